The molecule has 1 saturated carbocycles. The van der Waals surface area contributed by atoms with Crippen molar-refractivity contribution in [3.63, 3.8) is 0 Å². The van der Waals surface area contributed by atoms with Gasteiger partial charge in [0.05, 0.1) is 6.10 Å². The summed E-state index contributed by atoms with van der Waals surface area (Å²) in [5.74, 6) is 1.08. The maximum atomic E-state index is 13.7. The van der Waals surface area contributed by atoms with Crippen molar-refractivity contribution in [1.29, 1.82) is 0 Å². The van der Waals surface area contributed by atoms with Crippen LogP contribution in [0.25, 0.3) is 0 Å². The summed E-state index contributed by atoms with van der Waals surface area (Å²) in [5.41, 5.74) is 1.77. The summed E-state index contributed by atoms with van der Waals surface area (Å²) in [5, 5.41) is 10.3. The first-order valence-corrected chi connectivity index (χ1v) is 12.2. The van der Waals surface area contributed by atoms with Crippen molar-refractivity contribution in [3.05, 3.63) is 65.7 Å². The predicted octanol–water partition coefficient (Wildman–Crippen LogP) is 4.56. The van der Waals surface area contributed by atoms with E-state index in [9.17, 15) is 9.90 Å². The van der Waals surface area contributed by atoms with E-state index in [0.717, 1.165) is 44.5 Å². The van der Waals surface area contributed by atoms with Gasteiger partial charge in [0, 0.05) is 43.1 Å². The largest absolute Gasteiger partial charge is 0.508 e. The van der Waals surface area contributed by atoms with Gasteiger partial charge >= 0.3 is 0 Å². The van der Waals surface area contributed by atoms with Crippen molar-refractivity contribution in [2.24, 2.45) is 11.8 Å². The molecule has 1 heterocycles. The molecule has 33 heavy (non-hydrogen) atoms. The first-order valence-electron chi connectivity index (χ1n) is 12.2. The van der Waals surface area contributed by atoms with E-state index in [4.69, 9.17) is 4.74 Å². The minimum atomic E-state index is -0.138. The monoisotopic (exact) mass is 450 g/mol. The molecule has 0 bridgehead atoms. The molecular weight excluding hydrogens is 412 g/mol. The van der Waals surface area contributed by atoms with Gasteiger partial charge in [-0.15, -0.1) is 0 Å². The summed E-state index contributed by atoms with van der Waals surface area (Å²) in [6.45, 7) is 7.01. The van der Waals surface area contributed by atoms with Crippen molar-refractivity contribution in [1.82, 2.24) is 9.80 Å². The molecule has 2 aliphatic rings. The van der Waals surface area contributed by atoms with Crippen molar-refractivity contribution in [2.45, 2.75) is 50.7 Å². The fourth-order valence-electron chi connectivity index (χ4n) is 6.17. The molecule has 178 valence electrons. The Morgan fingerprint density at radius 1 is 1.21 bits per heavy atom. The molecule has 1 unspecified atom stereocenters. The predicted molar refractivity (Wildman–Crippen MR) is 132 cm³/mol. The van der Waals surface area contributed by atoms with E-state index in [2.05, 4.69) is 36.8 Å². The number of methoxy groups -OCH3 is 1. The fraction of sp³-hybridized carbons (Fsp3) is 0.536. The van der Waals surface area contributed by atoms with Gasteiger partial charge in [0.25, 0.3) is 5.91 Å². The summed E-state index contributed by atoms with van der Waals surface area (Å²) < 4.78 is 6.13. The number of piperidine rings is 1. The Morgan fingerprint density at radius 2 is 1.97 bits per heavy atom. The van der Waals surface area contributed by atoms with Crippen LogP contribution in [-0.2, 0) is 10.2 Å². The third-order valence-corrected chi connectivity index (χ3v) is 7.72. The molecule has 1 saturated heterocycles. The zero-order valence-corrected chi connectivity index (χ0v) is 20.4. The Bertz CT molecular complexity index is 947. The van der Waals surface area contributed by atoms with Crippen molar-refractivity contribution < 1.29 is 14.6 Å². The molecule has 2 aromatic rings. The molecule has 4 atom stereocenters. The molecule has 1 amide bonds. The molecule has 0 radical (unpaired) electrons. The molecule has 0 aromatic heterocycles. The minimum absolute atomic E-state index is 0.0482. The van der Waals surface area contributed by atoms with E-state index in [0.29, 0.717) is 17.6 Å². The molecule has 2 aromatic carbocycles. The normalized spacial score (nSPS) is 27.8. The number of rotatable bonds is 6. The Morgan fingerprint density at radius 3 is 2.64 bits per heavy atom. The summed E-state index contributed by atoms with van der Waals surface area (Å²) >= 11 is 0. The maximum absolute atomic E-state index is 13.7. The van der Waals surface area contributed by atoms with Gasteiger partial charge in [-0.2, -0.15) is 0 Å². The number of nitrogens with zero attached hydrogens (tertiary/aromatic N) is 2. The minimum Gasteiger partial charge on any atom is -0.508 e. The van der Waals surface area contributed by atoms with Crippen LogP contribution < -0.4 is 0 Å². The second kappa shape index (κ2) is 9.86. The lowest BCUT2D eigenvalue weighted by atomic mass is 9.56. The number of ether oxygens (including phenoxy) is 1. The first kappa shape index (κ1) is 23.8. The summed E-state index contributed by atoms with van der Waals surface area (Å²) in [4.78, 5) is 18.2. The van der Waals surface area contributed by atoms with Gasteiger partial charge in [0.1, 0.15) is 5.75 Å². The molecule has 1 aliphatic carbocycles. The highest BCUT2D eigenvalue weighted by atomic mass is 16.5. The Labute approximate surface area is 198 Å². The number of carbonyl (C=O) groups is 1. The Kier molecular flexibility index (Phi) is 7.10. The fourth-order valence-corrected chi connectivity index (χ4v) is 6.17. The average Bonchev–Trinajstić information content (AvgIpc) is 2.82. The lowest BCUT2D eigenvalue weighted by molar-refractivity contribution is -0.0783. The molecule has 5 heteroatoms. The second-order valence-corrected chi connectivity index (χ2v) is 10.4. The van der Waals surface area contributed by atoms with Gasteiger partial charge in [0.15, 0.2) is 0 Å². The number of phenols is 1. The van der Waals surface area contributed by atoms with Crippen molar-refractivity contribution >= 4 is 5.91 Å². The van der Waals surface area contributed by atoms with Gasteiger partial charge in [-0.25, -0.2) is 0 Å². The SMILES string of the molecule is COC1C[C@@H](N(CC(C)C)C(=O)c2ccccc2)C[C@]2(c3cccc(O)c3)CCN(C)C[C@@H]12. The van der Waals surface area contributed by atoms with Crippen LogP contribution in [0, 0.1) is 11.8 Å². The standard InChI is InChI=1S/C28H38N2O3/c1-20(2)18-30(27(32)21-9-6-5-7-10-21)23-16-26(33-4)25-19-29(3)14-13-28(25,17-23)22-11-8-12-24(31)15-22/h5-12,15,20,23,25-26,31H,13-14,16-19H2,1-4H3/t23-,25+,26?,28+/m1/s1. The smallest absolute Gasteiger partial charge is 0.254 e. The second-order valence-electron chi connectivity index (χ2n) is 10.4. The summed E-state index contributed by atoms with van der Waals surface area (Å²) in [6, 6.07) is 17.5. The van der Waals surface area contributed by atoms with Crippen molar-refractivity contribution in [3.8, 4) is 5.75 Å². The van der Waals surface area contributed by atoms with E-state index < -0.39 is 0 Å². The summed E-state index contributed by atoms with van der Waals surface area (Å²) in [6.07, 6.45) is 2.76. The number of phenolic OH excluding ortho intramolecular Hbond substituents is 1. The number of amides is 1. The van der Waals surface area contributed by atoms with Crippen molar-refractivity contribution in [2.75, 3.05) is 33.8 Å². The molecule has 1 aliphatic heterocycles. The van der Waals surface area contributed by atoms with Gasteiger partial charge in [-0.1, -0.05) is 44.2 Å². The van der Waals surface area contributed by atoms with E-state index in [1.54, 1.807) is 13.2 Å². The van der Waals surface area contributed by atoms with E-state index >= 15 is 0 Å². The number of benzene rings is 2. The zero-order chi connectivity index (χ0) is 23.6. The quantitative estimate of drug-likeness (QED) is 0.701. The lowest BCUT2D eigenvalue weighted by Gasteiger charge is -2.56. The Balaban J connectivity index is 1.76. The molecule has 2 fully saturated rings. The third-order valence-electron chi connectivity index (χ3n) is 7.72. The van der Waals surface area contributed by atoms with Crippen LogP contribution in [0.1, 0.15) is 49.0 Å². The number of fused-ring (bicyclic) bond motifs is 1. The van der Waals surface area contributed by atoms with Crippen LogP contribution in [0.3, 0.4) is 0 Å². The van der Waals surface area contributed by atoms with Crippen LogP contribution in [0.2, 0.25) is 0 Å². The van der Waals surface area contributed by atoms with Gasteiger partial charge in [-0.05, 0) is 68.6 Å². The number of carbonyl (C=O) groups excluding carboxylic acids is 1. The molecule has 1 N–H and O–H groups in total. The highest BCUT2D eigenvalue weighted by molar-refractivity contribution is 5.94. The van der Waals surface area contributed by atoms with Crippen LogP contribution in [0.4, 0.5) is 0 Å². The lowest BCUT2D eigenvalue weighted by Crippen LogP contribution is -2.61. The van der Waals surface area contributed by atoms with Crippen LogP contribution >= 0.6 is 0 Å². The highest BCUT2D eigenvalue weighted by Gasteiger charge is 2.53. The number of hydrogen-bond donors (Lipinski definition) is 1. The molecule has 5 nitrogen and oxygen atoms in total. The van der Waals surface area contributed by atoms with Gasteiger partial charge in [0.2, 0.25) is 0 Å². The maximum Gasteiger partial charge on any atom is 0.254 e. The average molecular weight is 451 g/mol. The van der Waals surface area contributed by atoms with Gasteiger partial charge in [-0.3, -0.25) is 4.79 Å². The number of likely N-dealkylation sites (tertiary alicyclic amines) is 1. The van der Waals surface area contributed by atoms with Crippen LogP contribution in [0.5, 0.6) is 5.75 Å². The number of hydrogen-bond acceptors (Lipinski definition) is 4. The number of aromatic hydroxyl groups is 1. The topological polar surface area (TPSA) is 53.0 Å². The van der Waals surface area contributed by atoms with E-state index in [-0.39, 0.29) is 23.5 Å². The first-order chi connectivity index (χ1) is 15.8. The summed E-state index contributed by atoms with van der Waals surface area (Å²) in [7, 11) is 3.98. The molecule has 4 rings (SSSR count). The van der Waals surface area contributed by atoms with Crippen LogP contribution in [-0.4, -0.2) is 66.8 Å². The van der Waals surface area contributed by atoms with Crippen LogP contribution in [0.15, 0.2) is 54.6 Å². The highest BCUT2D eigenvalue weighted by Crippen LogP contribution is 2.51. The zero-order valence-electron chi connectivity index (χ0n) is 20.4. The molecule has 0 spiro atoms. The third kappa shape index (κ3) is 4.80. The Hall–Kier alpha value is -2.37. The van der Waals surface area contributed by atoms with E-state index in [1.165, 1.54) is 5.56 Å². The molecular formula is C28H38N2O3. The van der Waals surface area contributed by atoms with E-state index in [1.807, 2.05) is 42.5 Å². The van der Waals surface area contributed by atoms with Gasteiger partial charge < -0.3 is 19.6 Å².